The number of ether oxygens (including phenoxy) is 1. The Balaban J connectivity index is 2.22. The van der Waals surface area contributed by atoms with Crippen LogP contribution in [0.4, 0.5) is 4.79 Å². The van der Waals surface area contributed by atoms with Crippen LogP contribution < -0.4 is 0 Å². The summed E-state index contributed by atoms with van der Waals surface area (Å²) in [6.07, 6.45) is -0.0952. The number of benzene rings is 1. The molecule has 1 aromatic rings. The first kappa shape index (κ1) is 20.4. The minimum atomic E-state index is -0.870. The minimum Gasteiger partial charge on any atom is -0.444 e. The van der Waals surface area contributed by atoms with Crippen LogP contribution in [-0.2, 0) is 16.1 Å². The summed E-state index contributed by atoms with van der Waals surface area (Å²) in [6, 6.07) is 10.2. The first-order valence-electron chi connectivity index (χ1n) is 9.14. The van der Waals surface area contributed by atoms with Gasteiger partial charge in [0, 0.05) is 19.5 Å². The van der Waals surface area contributed by atoms with E-state index in [9.17, 15) is 9.59 Å². The number of likely N-dealkylation sites (tertiary alicyclic amines) is 1. The van der Waals surface area contributed by atoms with Gasteiger partial charge in [-0.2, -0.15) is 0 Å². The molecule has 5 nitrogen and oxygen atoms in total. The van der Waals surface area contributed by atoms with Gasteiger partial charge in [0.1, 0.15) is 5.60 Å². The standard InChI is InChI=1S/C21H32N2O3/c1-19(2,3)26-18(25)23-20(4,5)17(24)13-21(23,6)15-22(7)14-16-11-9-8-10-12-16/h8-12H,13-15H2,1-7H3. The van der Waals surface area contributed by atoms with Crippen molar-refractivity contribution < 1.29 is 14.3 Å². The molecule has 1 atom stereocenters. The molecule has 0 bridgehead atoms. The fraction of sp³-hybridized carbons (Fsp3) is 0.619. The monoisotopic (exact) mass is 360 g/mol. The van der Waals surface area contributed by atoms with Crippen molar-refractivity contribution in [2.75, 3.05) is 13.6 Å². The van der Waals surface area contributed by atoms with Gasteiger partial charge in [0.2, 0.25) is 0 Å². The maximum absolute atomic E-state index is 12.9. The maximum atomic E-state index is 12.9. The molecule has 2 rings (SSSR count). The topological polar surface area (TPSA) is 49.9 Å². The molecule has 1 saturated heterocycles. The van der Waals surface area contributed by atoms with Crippen molar-refractivity contribution in [3.05, 3.63) is 35.9 Å². The molecule has 0 aromatic heterocycles. The maximum Gasteiger partial charge on any atom is 0.411 e. The van der Waals surface area contributed by atoms with Crippen LogP contribution in [0.3, 0.4) is 0 Å². The first-order chi connectivity index (χ1) is 11.8. The lowest BCUT2D eigenvalue weighted by Gasteiger charge is -2.43. The number of hydrogen-bond acceptors (Lipinski definition) is 4. The predicted octanol–water partition coefficient (Wildman–Crippen LogP) is 3.87. The van der Waals surface area contributed by atoms with Crippen LogP contribution in [0.2, 0.25) is 0 Å². The summed E-state index contributed by atoms with van der Waals surface area (Å²) >= 11 is 0. The molecule has 1 heterocycles. The largest absolute Gasteiger partial charge is 0.444 e. The number of carbonyl (C=O) groups is 2. The third-order valence-electron chi connectivity index (χ3n) is 4.80. The Bertz CT molecular complexity index is 664. The van der Waals surface area contributed by atoms with Gasteiger partial charge < -0.3 is 4.74 Å². The Morgan fingerprint density at radius 1 is 1.19 bits per heavy atom. The van der Waals surface area contributed by atoms with E-state index < -0.39 is 22.8 Å². The molecule has 1 fully saturated rings. The van der Waals surface area contributed by atoms with E-state index in [4.69, 9.17) is 4.74 Å². The lowest BCUT2D eigenvalue weighted by atomic mass is 9.97. The van der Waals surface area contributed by atoms with Gasteiger partial charge in [-0.1, -0.05) is 30.3 Å². The molecule has 1 unspecified atom stereocenters. The van der Waals surface area contributed by atoms with Gasteiger partial charge in [-0.15, -0.1) is 0 Å². The second-order valence-electron chi connectivity index (χ2n) is 9.13. The van der Waals surface area contributed by atoms with Gasteiger partial charge in [-0.05, 0) is 54.2 Å². The van der Waals surface area contributed by atoms with Crippen LogP contribution in [0, 0.1) is 0 Å². The molecule has 144 valence electrons. The van der Waals surface area contributed by atoms with Gasteiger partial charge in [0.15, 0.2) is 5.78 Å². The number of amides is 1. The van der Waals surface area contributed by atoms with E-state index >= 15 is 0 Å². The van der Waals surface area contributed by atoms with E-state index in [-0.39, 0.29) is 5.78 Å². The number of hydrogen-bond donors (Lipinski definition) is 0. The van der Waals surface area contributed by atoms with Crippen molar-refractivity contribution in [2.45, 2.75) is 71.2 Å². The average Bonchev–Trinajstić information content (AvgIpc) is 2.62. The van der Waals surface area contributed by atoms with Crippen molar-refractivity contribution in [3.63, 3.8) is 0 Å². The van der Waals surface area contributed by atoms with E-state index in [2.05, 4.69) is 17.0 Å². The van der Waals surface area contributed by atoms with Crippen molar-refractivity contribution in [1.29, 1.82) is 0 Å². The van der Waals surface area contributed by atoms with E-state index in [1.807, 2.05) is 66.8 Å². The van der Waals surface area contributed by atoms with E-state index in [0.29, 0.717) is 13.0 Å². The Morgan fingerprint density at radius 3 is 2.31 bits per heavy atom. The molecule has 26 heavy (non-hydrogen) atoms. The van der Waals surface area contributed by atoms with Crippen LogP contribution in [0.5, 0.6) is 0 Å². The summed E-state index contributed by atoms with van der Waals surface area (Å²) in [4.78, 5) is 29.4. The highest BCUT2D eigenvalue weighted by molar-refractivity contribution is 5.95. The summed E-state index contributed by atoms with van der Waals surface area (Å²) in [5.74, 6) is 0.0685. The molecule has 1 aliphatic heterocycles. The molecular formula is C21H32N2O3. The van der Waals surface area contributed by atoms with E-state index in [0.717, 1.165) is 6.54 Å². The predicted molar refractivity (Wildman–Crippen MR) is 103 cm³/mol. The number of rotatable bonds is 4. The number of Topliss-reactive ketones (excluding diaryl/α,β-unsaturated/α-hetero) is 1. The molecule has 5 heteroatoms. The number of likely N-dealkylation sites (N-methyl/N-ethyl adjacent to an activating group) is 1. The van der Waals surface area contributed by atoms with Crippen LogP contribution in [0.1, 0.15) is 53.5 Å². The lowest BCUT2D eigenvalue weighted by Crippen LogP contribution is -2.58. The normalized spacial score (nSPS) is 22.8. The van der Waals surface area contributed by atoms with Crippen molar-refractivity contribution in [3.8, 4) is 0 Å². The number of ketones is 1. The third-order valence-corrected chi connectivity index (χ3v) is 4.80. The van der Waals surface area contributed by atoms with Gasteiger partial charge >= 0.3 is 6.09 Å². The first-order valence-corrected chi connectivity index (χ1v) is 9.14. The molecule has 0 spiro atoms. The quantitative estimate of drug-likeness (QED) is 0.818. The molecule has 0 saturated carbocycles. The van der Waals surface area contributed by atoms with Crippen LogP contribution in [0.15, 0.2) is 30.3 Å². The zero-order valence-electron chi connectivity index (χ0n) is 17.1. The van der Waals surface area contributed by atoms with Crippen molar-refractivity contribution >= 4 is 11.9 Å². The van der Waals surface area contributed by atoms with Crippen molar-refractivity contribution in [2.24, 2.45) is 0 Å². The number of nitrogens with zero attached hydrogens (tertiary/aromatic N) is 2. The van der Waals surface area contributed by atoms with Crippen LogP contribution >= 0.6 is 0 Å². The smallest absolute Gasteiger partial charge is 0.411 e. The number of carbonyl (C=O) groups excluding carboxylic acids is 2. The van der Waals surface area contributed by atoms with Crippen LogP contribution in [-0.4, -0.2) is 51.9 Å². The Labute approximate surface area is 157 Å². The summed E-state index contributed by atoms with van der Waals surface area (Å²) in [6.45, 7) is 12.5. The fourth-order valence-electron chi connectivity index (χ4n) is 3.86. The summed E-state index contributed by atoms with van der Waals surface area (Å²) < 4.78 is 5.62. The Hall–Kier alpha value is -1.88. The molecule has 1 aliphatic rings. The van der Waals surface area contributed by atoms with Crippen molar-refractivity contribution in [1.82, 2.24) is 9.80 Å². The molecule has 1 aromatic carbocycles. The molecule has 0 N–H and O–H groups in total. The fourth-order valence-corrected chi connectivity index (χ4v) is 3.86. The SMILES string of the molecule is CN(Cc1ccccc1)CC1(C)CC(=O)C(C)(C)N1C(=O)OC(C)(C)C. The Morgan fingerprint density at radius 2 is 1.77 bits per heavy atom. The molecular weight excluding hydrogens is 328 g/mol. The lowest BCUT2D eigenvalue weighted by molar-refractivity contribution is -0.123. The van der Waals surface area contributed by atoms with Gasteiger partial charge in [0.25, 0.3) is 0 Å². The van der Waals surface area contributed by atoms with Crippen LogP contribution in [0.25, 0.3) is 0 Å². The average molecular weight is 360 g/mol. The zero-order valence-corrected chi connectivity index (χ0v) is 17.1. The molecule has 0 aliphatic carbocycles. The molecule has 1 amide bonds. The van der Waals surface area contributed by atoms with E-state index in [1.165, 1.54) is 5.56 Å². The second kappa shape index (κ2) is 7.03. The molecule has 0 radical (unpaired) electrons. The summed E-state index contributed by atoms with van der Waals surface area (Å²) in [5, 5.41) is 0. The second-order valence-corrected chi connectivity index (χ2v) is 9.13. The highest BCUT2D eigenvalue weighted by Gasteiger charge is 2.57. The van der Waals surface area contributed by atoms with Gasteiger partial charge in [0.05, 0.1) is 11.1 Å². The minimum absolute atomic E-state index is 0.0685. The van der Waals surface area contributed by atoms with E-state index in [1.54, 1.807) is 4.90 Å². The summed E-state index contributed by atoms with van der Waals surface area (Å²) in [5.41, 5.74) is -0.877. The highest BCUT2D eigenvalue weighted by Crippen LogP contribution is 2.40. The zero-order chi connectivity index (χ0) is 19.8. The Kier molecular flexibility index (Phi) is 5.52. The summed E-state index contributed by atoms with van der Waals surface area (Å²) in [7, 11) is 2.02. The van der Waals surface area contributed by atoms with Gasteiger partial charge in [-0.25, -0.2) is 4.79 Å². The third kappa shape index (κ3) is 4.44. The van der Waals surface area contributed by atoms with Gasteiger partial charge in [-0.3, -0.25) is 14.6 Å². The highest BCUT2D eigenvalue weighted by atomic mass is 16.6.